The molecule has 0 radical (unpaired) electrons. The Labute approximate surface area is 95.9 Å². The van der Waals surface area contributed by atoms with E-state index in [1.165, 1.54) is 5.56 Å². The third kappa shape index (κ3) is 5.09. The van der Waals surface area contributed by atoms with Crippen molar-refractivity contribution in [2.75, 3.05) is 18.1 Å². The molecule has 1 aromatic rings. The Kier molecular flexibility index (Phi) is 5.58. The van der Waals surface area contributed by atoms with Gasteiger partial charge >= 0.3 is 0 Å². The summed E-state index contributed by atoms with van der Waals surface area (Å²) in [4.78, 5) is 0. The number of aliphatic hydroxyl groups is 1. The van der Waals surface area contributed by atoms with E-state index in [4.69, 9.17) is 10.8 Å². The van der Waals surface area contributed by atoms with Gasteiger partial charge in [0, 0.05) is 10.9 Å². The second-order valence-corrected chi connectivity index (χ2v) is 5.26. The van der Waals surface area contributed by atoms with Crippen molar-refractivity contribution in [3.8, 4) is 0 Å². The molecule has 0 bridgehead atoms. The first-order chi connectivity index (χ1) is 7.22. The van der Waals surface area contributed by atoms with E-state index in [9.17, 15) is 0 Å². The van der Waals surface area contributed by atoms with Crippen molar-refractivity contribution in [2.45, 2.75) is 25.0 Å². The number of hydrogen-bond donors (Lipinski definition) is 2. The van der Waals surface area contributed by atoms with Crippen LogP contribution in [-0.4, -0.2) is 22.7 Å². The minimum atomic E-state index is 0.267. The molecule has 1 unspecified atom stereocenters. The number of rotatable bonds is 6. The van der Waals surface area contributed by atoms with E-state index in [-0.39, 0.29) is 6.61 Å². The topological polar surface area (TPSA) is 46.2 Å². The van der Waals surface area contributed by atoms with Crippen LogP contribution in [0.25, 0.3) is 0 Å². The minimum absolute atomic E-state index is 0.267. The smallest absolute Gasteiger partial charge is 0.0547 e. The maximum absolute atomic E-state index is 8.85. The molecule has 0 aromatic heterocycles. The maximum atomic E-state index is 8.85. The summed E-state index contributed by atoms with van der Waals surface area (Å²) in [5.74, 6) is 1.09. The van der Waals surface area contributed by atoms with E-state index in [0.29, 0.717) is 5.25 Å². The first kappa shape index (κ1) is 12.4. The van der Waals surface area contributed by atoms with E-state index in [0.717, 1.165) is 24.3 Å². The zero-order valence-electron chi connectivity index (χ0n) is 9.15. The average molecular weight is 225 g/mol. The van der Waals surface area contributed by atoms with Crippen molar-refractivity contribution in [2.24, 2.45) is 0 Å². The molecule has 1 rings (SSSR count). The van der Waals surface area contributed by atoms with E-state index < -0.39 is 0 Å². The normalized spacial score (nSPS) is 12.7. The summed E-state index contributed by atoms with van der Waals surface area (Å²) in [7, 11) is 0. The van der Waals surface area contributed by atoms with Gasteiger partial charge in [0.2, 0.25) is 0 Å². The number of aliphatic hydroxyl groups excluding tert-OH is 1. The van der Waals surface area contributed by atoms with E-state index in [1.807, 2.05) is 36.9 Å². The maximum Gasteiger partial charge on any atom is 0.0547 e. The largest absolute Gasteiger partial charge is 0.399 e. The summed E-state index contributed by atoms with van der Waals surface area (Å²) >= 11 is 1.82. The van der Waals surface area contributed by atoms with Crippen LogP contribution in [0.4, 0.5) is 5.69 Å². The lowest BCUT2D eigenvalue weighted by Gasteiger charge is -2.07. The standard InChI is InChI=1S/C12H19NOS/c1-10(9-14)15-7-3-5-11-4-2-6-12(13)8-11/h2,4,6,8,10,14H,3,5,7,9,13H2,1H3. The van der Waals surface area contributed by atoms with Crippen LogP contribution in [0.2, 0.25) is 0 Å². The predicted molar refractivity (Wildman–Crippen MR) is 68.2 cm³/mol. The van der Waals surface area contributed by atoms with Gasteiger partial charge in [0.1, 0.15) is 0 Å². The molecule has 0 heterocycles. The van der Waals surface area contributed by atoms with Crippen molar-refractivity contribution in [3.63, 3.8) is 0 Å². The Hall–Kier alpha value is -0.670. The first-order valence-electron chi connectivity index (χ1n) is 5.29. The van der Waals surface area contributed by atoms with Gasteiger partial charge in [-0.2, -0.15) is 11.8 Å². The van der Waals surface area contributed by atoms with Gasteiger partial charge in [-0.1, -0.05) is 19.1 Å². The third-order valence-electron chi connectivity index (χ3n) is 2.22. The van der Waals surface area contributed by atoms with Gasteiger partial charge < -0.3 is 10.8 Å². The number of benzene rings is 1. The lowest BCUT2D eigenvalue weighted by Crippen LogP contribution is -2.03. The summed E-state index contributed by atoms with van der Waals surface area (Å²) < 4.78 is 0. The van der Waals surface area contributed by atoms with Crippen LogP contribution in [0.5, 0.6) is 0 Å². The highest BCUT2D eigenvalue weighted by atomic mass is 32.2. The predicted octanol–water partition coefficient (Wildman–Crippen LogP) is 2.32. The fourth-order valence-corrected chi connectivity index (χ4v) is 2.18. The number of nitrogen functional groups attached to an aromatic ring is 1. The van der Waals surface area contributed by atoms with Gasteiger partial charge in [-0.25, -0.2) is 0 Å². The second-order valence-electron chi connectivity index (χ2n) is 3.71. The van der Waals surface area contributed by atoms with Crippen LogP contribution in [-0.2, 0) is 6.42 Å². The number of nitrogens with two attached hydrogens (primary N) is 1. The fourth-order valence-electron chi connectivity index (χ4n) is 1.36. The van der Waals surface area contributed by atoms with Crippen molar-refractivity contribution in [3.05, 3.63) is 29.8 Å². The van der Waals surface area contributed by atoms with Gasteiger partial charge in [-0.05, 0) is 36.3 Å². The number of aryl methyl sites for hydroxylation is 1. The van der Waals surface area contributed by atoms with Crippen LogP contribution < -0.4 is 5.73 Å². The lowest BCUT2D eigenvalue weighted by atomic mass is 10.1. The summed E-state index contributed by atoms with van der Waals surface area (Å²) in [5.41, 5.74) is 7.83. The Bertz CT molecular complexity index is 291. The molecule has 0 aliphatic rings. The van der Waals surface area contributed by atoms with Gasteiger partial charge in [0.15, 0.2) is 0 Å². The molecule has 3 heteroatoms. The number of hydrogen-bond acceptors (Lipinski definition) is 3. The zero-order valence-corrected chi connectivity index (χ0v) is 9.96. The molecule has 0 aliphatic heterocycles. The molecule has 15 heavy (non-hydrogen) atoms. The molecular formula is C12H19NOS. The van der Waals surface area contributed by atoms with Gasteiger partial charge in [-0.15, -0.1) is 0 Å². The van der Waals surface area contributed by atoms with Gasteiger partial charge in [0.05, 0.1) is 6.61 Å². The van der Waals surface area contributed by atoms with E-state index in [1.54, 1.807) is 0 Å². The van der Waals surface area contributed by atoms with Gasteiger partial charge in [-0.3, -0.25) is 0 Å². The minimum Gasteiger partial charge on any atom is -0.399 e. The fraction of sp³-hybridized carbons (Fsp3) is 0.500. The molecule has 1 atom stereocenters. The van der Waals surface area contributed by atoms with Gasteiger partial charge in [0.25, 0.3) is 0 Å². The molecule has 0 spiro atoms. The van der Waals surface area contributed by atoms with Crippen molar-refractivity contribution in [1.82, 2.24) is 0 Å². The van der Waals surface area contributed by atoms with E-state index in [2.05, 4.69) is 6.07 Å². The summed E-state index contributed by atoms with van der Waals surface area (Å²) in [6.45, 7) is 2.31. The highest BCUT2D eigenvalue weighted by molar-refractivity contribution is 7.99. The Balaban J connectivity index is 2.20. The Morgan fingerprint density at radius 2 is 2.27 bits per heavy atom. The second kappa shape index (κ2) is 6.75. The SMILES string of the molecule is CC(CO)SCCCc1cccc(N)c1. The van der Waals surface area contributed by atoms with Crippen LogP contribution in [0, 0.1) is 0 Å². The molecule has 0 saturated carbocycles. The van der Waals surface area contributed by atoms with Crippen molar-refractivity contribution >= 4 is 17.4 Å². The van der Waals surface area contributed by atoms with Crippen LogP contribution in [0.15, 0.2) is 24.3 Å². The molecule has 2 nitrogen and oxygen atoms in total. The molecule has 84 valence electrons. The van der Waals surface area contributed by atoms with Crippen LogP contribution >= 0.6 is 11.8 Å². The highest BCUT2D eigenvalue weighted by Crippen LogP contribution is 2.14. The Morgan fingerprint density at radius 3 is 2.93 bits per heavy atom. The quantitative estimate of drug-likeness (QED) is 0.577. The summed E-state index contributed by atoms with van der Waals surface area (Å²) in [6.07, 6.45) is 2.20. The molecule has 1 aromatic carbocycles. The zero-order chi connectivity index (χ0) is 11.1. The average Bonchev–Trinajstić information content (AvgIpc) is 2.24. The molecule has 0 amide bonds. The Morgan fingerprint density at radius 1 is 1.47 bits per heavy atom. The summed E-state index contributed by atoms with van der Waals surface area (Å²) in [6, 6.07) is 8.04. The third-order valence-corrected chi connectivity index (χ3v) is 3.46. The summed E-state index contributed by atoms with van der Waals surface area (Å²) in [5, 5.41) is 9.20. The molecule has 0 aliphatic carbocycles. The molecule has 0 fully saturated rings. The monoisotopic (exact) mass is 225 g/mol. The highest BCUT2D eigenvalue weighted by Gasteiger charge is 2.00. The molecule has 0 saturated heterocycles. The van der Waals surface area contributed by atoms with E-state index >= 15 is 0 Å². The lowest BCUT2D eigenvalue weighted by molar-refractivity contribution is 0.300. The van der Waals surface area contributed by atoms with Crippen molar-refractivity contribution < 1.29 is 5.11 Å². The van der Waals surface area contributed by atoms with Crippen LogP contribution in [0.1, 0.15) is 18.9 Å². The molecular weight excluding hydrogens is 206 g/mol. The molecule has 3 N–H and O–H groups in total. The van der Waals surface area contributed by atoms with Crippen molar-refractivity contribution in [1.29, 1.82) is 0 Å². The first-order valence-corrected chi connectivity index (χ1v) is 6.34. The van der Waals surface area contributed by atoms with Crippen LogP contribution in [0.3, 0.4) is 0 Å². The number of anilines is 1. The number of thioether (sulfide) groups is 1.